The van der Waals surface area contributed by atoms with Crippen LogP contribution < -0.4 is 5.32 Å². The van der Waals surface area contributed by atoms with Gasteiger partial charge in [-0.1, -0.05) is 18.2 Å². The highest BCUT2D eigenvalue weighted by atomic mass is 32.2. The molecular weight excluding hydrogens is 246 g/mol. The van der Waals surface area contributed by atoms with Gasteiger partial charge >= 0.3 is 0 Å². The maximum absolute atomic E-state index is 5.45. The summed E-state index contributed by atoms with van der Waals surface area (Å²) in [6.07, 6.45) is 0.973. The van der Waals surface area contributed by atoms with E-state index < -0.39 is 0 Å². The predicted molar refractivity (Wildman–Crippen MR) is 77.3 cm³/mol. The second-order valence-electron chi connectivity index (χ2n) is 3.87. The van der Waals surface area contributed by atoms with Crippen LogP contribution in [0.5, 0.6) is 0 Å². The van der Waals surface area contributed by atoms with Gasteiger partial charge in [-0.3, -0.25) is 0 Å². The molecule has 4 heteroatoms. The second-order valence-corrected chi connectivity index (χ2v) is 5.04. The van der Waals surface area contributed by atoms with Crippen molar-refractivity contribution in [3.63, 3.8) is 0 Å². The first kappa shape index (κ1) is 15.5. The molecule has 1 N–H and O–H groups in total. The van der Waals surface area contributed by atoms with Crippen molar-refractivity contribution < 1.29 is 9.47 Å². The molecular formula is C14H23NO2S. The molecule has 0 aromatic heterocycles. The van der Waals surface area contributed by atoms with Crippen molar-refractivity contribution in [2.75, 3.05) is 45.8 Å². The standard InChI is InChI=1S/C14H23NO2S/c1-16-10-5-11-17-12-8-15-9-13-18-14-6-3-2-4-7-14/h2-4,6-7,15H,5,8-13H2,1H3. The normalized spacial score (nSPS) is 10.7. The molecule has 0 aliphatic rings. The summed E-state index contributed by atoms with van der Waals surface area (Å²) in [6, 6.07) is 10.5. The lowest BCUT2D eigenvalue weighted by molar-refractivity contribution is 0.104. The third kappa shape index (κ3) is 8.53. The summed E-state index contributed by atoms with van der Waals surface area (Å²) < 4.78 is 10.4. The van der Waals surface area contributed by atoms with Crippen LogP contribution >= 0.6 is 11.8 Å². The van der Waals surface area contributed by atoms with Crippen molar-refractivity contribution in [3.8, 4) is 0 Å². The average molecular weight is 269 g/mol. The molecule has 0 unspecified atom stereocenters. The number of hydrogen-bond acceptors (Lipinski definition) is 4. The lowest BCUT2D eigenvalue weighted by Gasteiger charge is -2.06. The van der Waals surface area contributed by atoms with Gasteiger partial charge in [-0.05, 0) is 18.6 Å². The van der Waals surface area contributed by atoms with Gasteiger partial charge in [0.1, 0.15) is 0 Å². The van der Waals surface area contributed by atoms with E-state index in [1.54, 1.807) is 7.11 Å². The number of benzene rings is 1. The molecule has 0 saturated heterocycles. The molecule has 102 valence electrons. The molecule has 0 atom stereocenters. The minimum atomic E-state index is 0.777. The van der Waals surface area contributed by atoms with Gasteiger partial charge in [0, 0.05) is 44.1 Å². The summed E-state index contributed by atoms with van der Waals surface area (Å²) >= 11 is 1.88. The minimum Gasteiger partial charge on any atom is -0.385 e. The van der Waals surface area contributed by atoms with Crippen LogP contribution in [0, 0.1) is 0 Å². The minimum absolute atomic E-state index is 0.777. The molecule has 0 bridgehead atoms. The maximum Gasteiger partial charge on any atom is 0.0590 e. The first-order valence-electron chi connectivity index (χ1n) is 6.38. The molecule has 0 spiro atoms. The van der Waals surface area contributed by atoms with Crippen LogP contribution in [0.3, 0.4) is 0 Å². The maximum atomic E-state index is 5.45. The number of methoxy groups -OCH3 is 1. The van der Waals surface area contributed by atoms with E-state index in [1.807, 2.05) is 17.8 Å². The highest BCUT2D eigenvalue weighted by molar-refractivity contribution is 7.99. The SMILES string of the molecule is COCCCOCCNCCSc1ccccc1. The topological polar surface area (TPSA) is 30.5 Å². The Kier molecular flexibility index (Phi) is 9.94. The fourth-order valence-corrected chi connectivity index (χ4v) is 2.27. The third-order valence-electron chi connectivity index (χ3n) is 2.35. The van der Waals surface area contributed by atoms with Gasteiger partial charge in [0.2, 0.25) is 0 Å². The summed E-state index contributed by atoms with van der Waals surface area (Å²) in [5.74, 6) is 1.09. The van der Waals surface area contributed by atoms with Crippen molar-refractivity contribution in [2.45, 2.75) is 11.3 Å². The number of nitrogens with one attached hydrogen (secondary N) is 1. The molecule has 0 saturated carbocycles. The number of thioether (sulfide) groups is 1. The van der Waals surface area contributed by atoms with E-state index in [0.29, 0.717) is 0 Å². The summed E-state index contributed by atoms with van der Waals surface area (Å²) in [7, 11) is 1.71. The van der Waals surface area contributed by atoms with E-state index in [-0.39, 0.29) is 0 Å². The molecule has 0 radical (unpaired) electrons. The van der Waals surface area contributed by atoms with Gasteiger partial charge in [0.15, 0.2) is 0 Å². The summed E-state index contributed by atoms with van der Waals surface area (Å²) in [6.45, 7) is 4.28. The summed E-state index contributed by atoms with van der Waals surface area (Å²) in [4.78, 5) is 1.33. The second kappa shape index (κ2) is 11.5. The van der Waals surface area contributed by atoms with Gasteiger partial charge < -0.3 is 14.8 Å². The Morgan fingerprint density at radius 2 is 1.89 bits per heavy atom. The van der Waals surface area contributed by atoms with Crippen LogP contribution in [0.4, 0.5) is 0 Å². The van der Waals surface area contributed by atoms with Crippen molar-refractivity contribution >= 4 is 11.8 Å². The smallest absolute Gasteiger partial charge is 0.0590 e. The highest BCUT2D eigenvalue weighted by Gasteiger charge is 1.93. The Balaban J connectivity index is 1.82. The van der Waals surface area contributed by atoms with Crippen LogP contribution in [0.1, 0.15) is 6.42 Å². The number of hydrogen-bond donors (Lipinski definition) is 1. The van der Waals surface area contributed by atoms with Crippen molar-refractivity contribution in [2.24, 2.45) is 0 Å². The van der Waals surface area contributed by atoms with Crippen LogP contribution in [0.2, 0.25) is 0 Å². The Bertz CT molecular complexity index is 282. The van der Waals surface area contributed by atoms with Crippen LogP contribution in [0.25, 0.3) is 0 Å². The van der Waals surface area contributed by atoms with Crippen molar-refractivity contribution in [1.82, 2.24) is 5.32 Å². The van der Waals surface area contributed by atoms with Gasteiger partial charge in [-0.2, -0.15) is 0 Å². The molecule has 18 heavy (non-hydrogen) atoms. The number of rotatable bonds is 11. The van der Waals surface area contributed by atoms with E-state index in [9.17, 15) is 0 Å². The van der Waals surface area contributed by atoms with Gasteiger partial charge in [0.25, 0.3) is 0 Å². The van der Waals surface area contributed by atoms with Crippen LogP contribution in [-0.4, -0.2) is 45.8 Å². The van der Waals surface area contributed by atoms with E-state index in [2.05, 4.69) is 29.6 Å². The van der Waals surface area contributed by atoms with Crippen molar-refractivity contribution in [3.05, 3.63) is 30.3 Å². The van der Waals surface area contributed by atoms with Crippen LogP contribution in [0.15, 0.2) is 35.2 Å². The molecule has 0 aliphatic carbocycles. The van der Waals surface area contributed by atoms with Crippen LogP contribution in [-0.2, 0) is 9.47 Å². The first-order valence-corrected chi connectivity index (χ1v) is 7.37. The van der Waals surface area contributed by atoms with E-state index in [1.165, 1.54) is 4.90 Å². The molecule has 1 rings (SSSR count). The van der Waals surface area contributed by atoms with E-state index >= 15 is 0 Å². The van der Waals surface area contributed by atoms with E-state index in [0.717, 1.165) is 45.1 Å². The highest BCUT2D eigenvalue weighted by Crippen LogP contribution is 2.15. The van der Waals surface area contributed by atoms with E-state index in [4.69, 9.17) is 9.47 Å². The monoisotopic (exact) mass is 269 g/mol. The molecule has 1 aromatic carbocycles. The Morgan fingerprint density at radius 3 is 2.67 bits per heavy atom. The zero-order valence-electron chi connectivity index (χ0n) is 11.1. The zero-order chi connectivity index (χ0) is 12.9. The molecule has 1 aromatic rings. The molecule has 0 aliphatic heterocycles. The summed E-state index contributed by atoms with van der Waals surface area (Å²) in [5.41, 5.74) is 0. The third-order valence-corrected chi connectivity index (χ3v) is 3.36. The van der Waals surface area contributed by atoms with Gasteiger partial charge in [-0.15, -0.1) is 11.8 Å². The van der Waals surface area contributed by atoms with Gasteiger partial charge in [0.05, 0.1) is 6.61 Å². The lowest BCUT2D eigenvalue weighted by Crippen LogP contribution is -2.22. The molecule has 0 amide bonds. The first-order chi connectivity index (χ1) is 8.93. The lowest BCUT2D eigenvalue weighted by atomic mass is 10.4. The predicted octanol–water partition coefficient (Wildman–Crippen LogP) is 2.42. The Hall–Kier alpha value is -0.550. The molecule has 0 fully saturated rings. The average Bonchev–Trinajstić information content (AvgIpc) is 2.42. The Morgan fingerprint density at radius 1 is 1.06 bits per heavy atom. The van der Waals surface area contributed by atoms with Gasteiger partial charge in [-0.25, -0.2) is 0 Å². The summed E-state index contributed by atoms with van der Waals surface area (Å²) in [5, 5.41) is 3.37. The Labute approximate surface area is 114 Å². The van der Waals surface area contributed by atoms with Crippen molar-refractivity contribution in [1.29, 1.82) is 0 Å². The largest absolute Gasteiger partial charge is 0.385 e. The molecule has 3 nitrogen and oxygen atoms in total. The fourth-order valence-electron chi connectivity index (χ4n) is 1.43. The molecule has 0 heterocycles. The fraction of sp³-hybridized carbons (Fsp3) is 0.571. The number of ether oxygens (including phenoxy) is 2. The quantitative estimate of drug-likeness (QED) is 0.494. The zero-order valence-corrected chi connectivity index (χ0v) is 11.9.